The Morgan fingerprint density at radius 1 is 1.33 bits per heavy atom. The third-order valence-electron chi connectivity index (χ3n) is 3.26. The van der Waals surface area contributed by atoms with E-state index in [1.54, 1.807) is 22.9 Å². The van der Waals surface area contributed by atoms with Crippen LogP contribution < -0.4 is 5.32 Å². The molecule has 6 heteroatoms. The highest BCUT2D eigenvalue weighted by Gasteiger charge is 2.15. The van der Waals surface area contributed by atoms with Crippen molar-refractivity contribution < 1.29 is 14.3 Å². The molecule has 21 heavy (non-hydrogen) atoms. The minimum atomic E-state index is -0.599. The fourth-order valence-electron chi connectivity index (χ4n) is 2.00. The Kier molecular flexibility index (Phi) is 4.92. The van der Waals surface area contributed by atoms with Crippen molar-refractivity contribution in [2.24, 2.45) is 0 Å². The lowest BCUT2D eigenvalue weighted by molar-refractivity contribution is -0.125. The Balaban J connectivity index is 1.91. The van der Waals surface area contributed by atoms with Crippen LogP contribution in [0.4, 0.5) is 0 Å². The van der Waals surface area contributed by atoms with E-state index in [0.29, 0.717) is 5.65 Å². The lowest BCUT2D eigenvalue weighted by Crippen LogP contribution is -2.36. The van der Waals surface area contributed by atoms with Gasteiger partial charge in [-0.15, -0.1) is 0 Å². The predicted octanol–water partition coefficient (Wildman–Crippen LogP) is 1.80. The summed E-state index contributed by atoms with van der Waals surface area (Å²) < 4.78 is 6.71. The molecule has 1 N–H and O–H groups in total. The van der Waals surface area contributed by atoms with Gasteiger partial charge in [0.15, 0.2) is 12.3 Å². The third kappa shape index (κ3) is 3.81. The summed E-state index contributed by atoms with van der Waals surface area (Å²) in [4.78, 5) is 27.7. The molecule has 0 spiro atoms. The first kappa shape index (κ1) is 15.0. The maximum absolute atomic E-state index is 11.9. The minimum Gasteiger partial charge on any atom is -0.451 e. The monoisotopic (exact) mass is 289 g/mol. The largest absolute Gasteiger partial charge is 0.451 e. The number of nitrogens with one attached hydrogen (secondary N) is 1. The molecule has 0 unspecified atom stereocenters. The van der Waals surface area contributed by atoms with Crippen LogP contribution in [0.25, 0.3) is 5.65 Å². The van der Waals surface area contributed by atoms with E-state index in [1.807, 2.05) is 26.0 Å². The number of hydrogen-bond donors (Lipinski definition) is 1. The first-order chi connectivity index (χ1) is 10.1. The summed E-state index contributed by atoms with van der Waals surface area (Å²) in [6.07, 6.45) is 5.07. The first-order valence-electron chi connectivity index (χ1n) is 7.04. The molecular formula is C15H19N3O3. The van der Waals surface area contributed by atoms with Gasteiger partial charge in [0, 0.05) is 18.4 Å². The summed E-state index contributed by atoms with van der Waals surface area (Å²) in [7, 11) is 0. The number of esters is 1. The highest BCUT2D eigenvalue weighted by atomic mass is 16.5. The molecule has 0 saturated heterocycles. The molecule has 6 nitrogen and oxygen atoms in total. The average molecular weight is 289 g/mol. The van der Waals surface area contributed by atoms with E-state index in [0.717, 1.165) is 12.8 Å². The van der Waals surface area contributed by atoms with Crippen LogP contribution in [0.1, 0.15) is 37.2 Å². The van der Waals surface area contributed by atoms with Crippen LogP contribution in [0.5, 0.6) is 0 Å². The zero-order valence-electron chi connectivity index (χ0n) is 12.2. The quantitative estimate of drug-likeness (QED) is 0.823. The van der Waals surface area contributed by atoms with E-state index in [9.17, 15) is 9.59 Å². The van der Waals surface area contributed by atoms with Gasteiger partial charge in [-0.05, 0) is 25.0 Å². The Morgan fingerprint density at radius 3 is 2.76 bits per heavy atom. The number of pyridine rings is 1. The molecule has 0 aliphatic carbocycles. The number of carbonyl (C=O) groups is 2. The van der Waals surface area contributed by atoms with E-state index in [-0.39, 0.29) is 24.2 Å². The smallest absolute Gasteiger partial charge is 0.359 e. The SMILES string of the molecule is CCC(CC)NC(=O)COC(=O)c1cn2ccccc2n1. The second kappa shape index (κ2) is 6.88. The van der Waals surface area contributed by atoms with Gasteiger partial charge >= 0.3 is 5.97 Å². The number of rotatable bonds is 6. The average Bonchev–Trinajstić information content (AvgIpc) is 2.94. The molecule has 0 fully saturated rings. The second-order valence-corrected chi connectivity index (χ2v) is 4.75. The molecule has 1 amide bonds. The zero-order valence-corrected chi connectivity index (χ0v) is 12.2. The van der Waals surface area contributed by atoms with Crippen LogP contribution in [-0.2, 0) is 9.53 Å². The van der Waals surface area contributed by atoms with E-state index < -0.39 is 5.97 Å². The van der Waals surface area contributed by atoms with Gasteiger partial charge in [0.05, 0.1) is 0 Å². The van der Waals surface area contributed by atoms with E-state index in [2.05, 4.69) is 10.3 Å². The summed E-state index contributed by atoms with van der Waals surface area (Å²) in [6.45, 7) is 3.71. The van der Waals surface area contributed by atoms with Gasteiger partial charge in [0.25, 0.3) is 5.91 Å². The number of imidazole rings is 1. The number of aromatic nitrogens is 2. The van der Waals surface area contributed by atoms with Gasteiger partial charge < -0.3 is 14.5 Å². The van der Waals surface area contributed by atoms with Crippen LogP contribution in [0.2, 0.25) is 0 Å². The fraction of sp³-hybridized carbons (Fsp3) is 0.400. The van der Waals surface area contributed by atoms with Crippen molar-refractivity contribution >= 4 is 17.5 Å². The Hall–Kier alpha value is -2.37. The first-order valence-corrected chi connectivity index (χ1v) is 7.04. The van der Waals surface area contributed by atoms with Crippen molar-refractivity contribution in [1.29, 1.82) is 0 Å². The second-order valence-electron chi connectivity index (χ2n) is 4.75. The number of carbonyl (C=O) groups excluding carboxylic acids is 2. The van der Waals surface area contributed by atoms with Gasteiger partial charge in [-0.2, -0.15) is 0 Å². The molecule has 0 atom stereocenters. The molecular weight excluding hydrogens is 270 g/mol. The van der Waals surface area contributed by atoms with Crippen molar-refractivity contribution in [2.45, 2.75) is 32.7 Å². The number of fused-ring (bicyclic) bond motifs is 1. The molecule has 2 aromatic rings. The molecule has 0 aromatic carbocycles. The predicted molar refractivity (Wildman–Crippen MR) is 78.0 cm³/mol. The summed E-state index contributed by atoms with van der Waals surface area (Å²) in [6, 6.07) is 5.58. The fourth-order valence-corrected chi connectivity index (χ4v) is 2.00. The lowest BCUT2D eigenvalue weighted by atomic mass is 10.2. The normalized spacial score (nSPS) is 10.8. The molecule has 2 heterocycles. The van der Waals surface area contributed by atoms with Crippen molar-refractivity contribution in [3.8, 4) is 0 Å². The van der Waals surface area contributed by atoms with Gasteiger partial charge in [0.1, 0.15) is 5.65 Å². The van der Waals surface area contributed by atoms with Crippen LogP contribution in [-0.4, -0.2) is 33.9 Å². The summed E-state index contributed by atoms with van der Waals surface area (Å²) in [5.74, 6) is -0.890. The third-order valence-corrected chi connectivity index (χ3v) is 3.26. The van der Waals surface area contributed by atoms with Gasteiger partial charge in [-0.1, -0.05) is 19.9 Å². The molecule has 2 aromatic heterocycles. The standard InChI is InChI=1S/C15H19N3O3/c1-3-11(4-2)16-14(19)10-21-15(20)12-9-18-8-6-5-7-13(18)17-12/h5-9,11H,3-4,10H2,1-2H3,(H,16,19). The van der Waals surface area contributed by atoms with Crippen molar-refractivity contribution in [1.82, 2.24) is 14.7 Å². The maximum atomic E-state index is 11.9. The highest BCUT2D eigenvalue weighted by molar-refractivity contribution is 5.90. The summed E-state index contributed by atoms with van der Waals surface area (Å²) >= 11 is 0. The molecule has 0 aliphatic rings. The number of nitrogens with zero attached hydrogens (tertiary/aromatic N) is 2. The zero-order chi connectivity index (χ0) is 15.2. The minimum absolute atomic E-state index is 0.117. The van der Waals surface area contributed by atoms with Gasteiger partial charge in [-0.25, -0.2) is 9.78 Å². The van der Waals surface area contributed by atoms with E-state index >= 15 is 0 Å². The Bertz CT molecular complexity index is 599. The summed E-state index contributed by atoms with van der Waals surface area (Å²) in [5.41, 5.74) is 0.850. The number of amides is 1. The lowest BCUT2D eigenvalue weighted by Gasteiger charge is -2.14. The van der Waals surface area contributed by atoms with Crippen molar-refractivity contribution in [3.05, 3.63) is 36.3 Å². The summed E-state index contributed by atoms with van der Waals surface area (Å²) in [5, 5.41) is 2.81. The van der Waals surface area contributed by atoms with Gasteiger partial charge in [-0.3, -0.25) is 4.79 Å². The molecule has 0 radical (unpaired) electrons. The molecule has 0 bridgehead atoms. The van der Waals surface area contributed by atoms with Crippen LogP contribution >= 0.6 is 0 Å². The van der Waals surface area contributed by atoms with Gasteiger partial charge in [0.2, 0.25) is 0 Å². The maximum Gasteiger partial charge on any atom is 0.359 e. The van der Waals surface area contributed by atoms with E-state index in [1.165, 1.54) is 0 Å². The topological polar surface area (TPSA) is 72.7 Å². The number of hydrogen-bond acceptors (Lipinski definition) is 4. The Morgan fingerprint density at radius 2 is 2.10 bits per heavy atom. The van der Waals surface area contributed by atoms with Crippen LogP contribution in [0.3, 0.4) is 0 Å². The molecule has 2 rings (SSSR count). The van der Waals surface area contributed by atoms with E-state index in [4.69, 9.17) is 4.74 Å². The van der Waals surface area contributed by atoms with Crippen LogP contribution in [0, 0.1) is 0 Å². The van der Waals surface area contributed by atoms with Crippen LogP contribution in [0.15, 0.2) is 30.6 Å². The number of ether oxygens (including phenoxy) is 1. The van der Waals surface area contributed by atoms with Crippen molar-refractivity contribution in [3.63, 3.8) is 0 Å². The molecule has 112 valence electrons. The highest BCUT2D eigenvalue weighted by Crippen LogP contribution is 2.05. The molecule has 0 saturated carbocycles. The molecule has 0 aliphatic heterocycles. The Labute approximate surface area is 123 Å². The van der Waals surface area contributed by atoms with Crippen molar-refractivity contribution in [2.75, 3.05) is 6.61 Å².